The fourth-order valence-corrected chi connectivity index (χ4v) is 4.55. The number of ketones is 1. The highest BCUT2D eigenvalue weighted by Crippen LogP contribution is 2.44. The first kappa shape index (κ1) is 26.4. The lowest BCUT2D eigenvalue weighted by molar-refractivity contribution is -0.140. The Morgan fingerprint density at radius 1 is 1.00 bits per heavy atom. The Morgan fingerprint density at radius 2 is 1.63 bits per heavy atom. The molecule has 188 valence electrons. The molecule has 2 aromatic rings. The van der Waals surface area contributed by atoms with E-state index in [0.717, 1.165) is 13.1 Å². The number of aliphatic hydroxyl groups is 1. The van der Waals surface area contributed by atoms with Crippen molar-refractivity contribution in [2.24, 2.45) is 0 Å². The van der Waals surface area contributed by atoms with Gasteiger partial charge in [-0.3, -0.25) is 9.59 Å². The van der Waals surface area contributed by atoms with E-state index in [1.807, 2.05) is 13.8 Å². The smallest absolute Gasteiger partial charge is 0.295 e. The van der Waals surface area contributed by atoms with Gasteiger partial charge in [0.25, 0.3) is 11.7 Å². The molecule has 35 heavy (non-hydrogen) atoms. The zero-order chi connectivity index (χ0) is 25.7. The van der Waals surface area contributed by atoms with Crippen LogP contribution in [-0.2, 0) is 9.59 Å². The first-order valence-electron chi connectivity index (χ1n) is 11.4. The van der Waals surface area contributed by atoms with Crippen LogP contribution >= 0.6 is 11.6 Å². The maximum atomic E-state index is 13.3. The lowest BCUT2D eigenvalue weighted by Gasteiger charge is -2.29. The number of hydrogen-bond acceptors (Lipinski definition) is 7. The van der Waals surface area contributed by atoms with Gasteiger partial charge in [0, 0.05) is 24.7 Å². The number of likely N-dealkylation sites (tertiary alicyclic amines) is 1. The number of methoxy groups -OCH3 is 3. The summed E-state index contributed by atoms with van der Waals surface area (Å²) in [5.74, 6) is -0.762. The largest absolute Gasteiger partial charge is 0.507 e. The fraction of sp³-hybridized carbons (Fsp3) is 0.385. The van der Waals surface area contributed by atoms with E-state index in [1.165, 1.54) is 38.4 Å². The van der Waals surface area contributed by atoms with Gasteiger partial charge in [0.2, 0.25) is 0 Å². The summed E-state index contributed by atoms with van der Waals surface area (Å²) in [6.45, 7) is 6.56. The summed E-state index contributed by atoms with van der Waals surface area (Å²) in [5.41, 5.74) is 0.715. The molecule has 8 nitrogen and oxygen atoms in total. The van der Waals surface area contributed by atoms with E-state index in [0.29, 0.717) is 30.2 Å². The summed E-state index contributed by atoms with van der Waals surface area (Å²) in [6, 6.07) is 9.26. The van der Waals surface area contributed by atoms with E-state index < -0.39 is 17.7 Å². The number of nitrogens with zero attached hydrogens (tertiary/aromatic N) is 2. The monoisotopic (exact) mass is 502 g/mol. The van der Waals surface area contributed by atoms with Crippen LogP contribution in [0.5, 0.6) is 17.2 Å². The number of rotatable bonds is 10. The second kappa shape index (κ2) is 11.5. The van der Waals surface area contributed by atoms with Crippen LogP contribution < -0.4 is 14.2 Å². The van der Waals surface area contributed by atoms with Crippen LogP contribution in [0.3, 0.4) is 0 Å². The zero-order valence-electron chi connectivity index (χ0n) is 20.6. The van der Waals surface area contributed by atoms with Gasteiger partial charge < -0.3 is 29.1 Å². The van der Waals surface area contributed by atoms with E-state index in [9.17, 15) is 14.7 Å². The summed E-state index contributed by atoms with van der Waals surface area (Å²) in [6.07, 6.45) is 0. The summed E-state index contributed by atoms with van der Waals surface area (Å²) in [4.78, 5) is 30.2. The van der Waals surface area contributed by atoms with Crippen molar-refractivity contribution in [3.05, 3.63) is 58.1 Å². The average Bonchev–Trinajstić information content (AvgIpc) is 3.13. The molecule has 1 aliphatic heterocycles. The Hall–Kier alpha value is -3.23. The van der Waals surface area contributed by atoms with Crippen LogP contribution in [0.15, 0.2) is 42.0 Å². The minimum atomic E-state index is -0.854. The van der Waals surface area contributed by atoms with Crippen LogP contribution in [0.2, 0.25) is 5.02 Å². The second-order valence-corrected chi connectivity index (χ2v) is 8.36. The van der Waals surface area contributed by atoms with Gasteiger partial charge in [-0.25, -0.2) is 0 Å². The topological polar surface area (TPSA) is 88.5 Å². The Labute approximate surface area is 210 Å². The van der Waals surface area contributed by atoms with Crippen LogP contribution in [0.25, 0.3) is 5.76 Å². The SMILES string of the molecule is CCN(CC)CCN1C(=O)C(=O)/C(=C(/O)c2cc(Cl)c(OC)cc2OC)C1c1ccccc1OC. The van der Waals surface area contributed by atoms with Crippen molar-refractivity contribution >= 4 is 29.1 Å². The number of amides is 1. The van der Waals surface area contributed by atoms with Gasteiger partial charge in [-0.1, -0.05) is 43.6 Å². The third-order valence-corrected chi connectivity index (χ3v) is 6.55. The van der Waals surface area contributed by atoms with Crippen molar-refractivity contribution in [2.45, 2.75) is 19.9 Å². The molecule has 1 unspecified atom stereocenters. The number of halogens is 1. The molecule has 1 saturated heterocycles. The van der Waals surface area contributed by atoms with Crippen molar-refractivity contribution < 1.29 is 28.9 Å². The van der Waals surface area contributed by atoms with Crippen LogP contribution in [0, 0.1) is 0 Å². The molecular weight excluding hydrogens is 472 g/mol. The van der Waals surface area contributed by atoms with Gasteiger partial charge >= 0.3 is 0 Å². The number of benzene rings is 2. The van der Waals surface area contributed by atoms with Crippen molar-refractivity contribution in [2.75, 3.05) is 47.5 Å². The average molecular weight is 503 g/mol. The van der Waals surface area contributed by atoms with Crippen molar-refractivity contribution in [3.8, 4) is 17.2 Å². The third kappa shape index (κ3) is 5.09. The van der Waals surface area contributed by atoms with E-state index in [-0.39, 0.29) is 27.7 Å². The molecule has 0 aliphatic carbocycles. The molecule has 1 aliphatic rings. The quantitative estimate of drug-likeness (QED) is 0.297. The Morgan fingerprint density at radius 3 is 2.23 bits per heavy atom. The lowest BCUT2D eigenvalue weighted by Crippen LogP contribution is -2.38. The lowest BCUT2D eigenvalue weighted by atomic mass is 9.94. The second-order valence-electron chi connectivity index (χ2n) is 7.95. The first-order valence-corrected chi connectivity index (χ1v) is 11.8. The van der Waals surface area contributed by atoms with Gasteiger partial charge in [0.05, 0.1) is 43.5 Å². The predicted octanol–water partition coefficient (Wildman–Crippen LogP) is 4.13. The van der Waals surface area contributed by atoms with E-state index in [4.69, 9.17) is 25.8 Å². The molecule has 1 amide bonds. The fourth-order valence-electron chi connectivity index (χ4n) is 4.31. The molecule has 0 saturated carbocycles. The molecule has 1 fully saturated rings. The van der Waals surface area contributed by atoms with E-state index >= 15 is 0 Å². The highest BCUT2D eigenvalue weighted by Gasteiger charge is 2.47. The summed E-state index contributed by atoms with van der Waals surface area (Å²) in [5, 5.41) is 11.7. The Bertz CT molecular complexity index is 1130. The maximum absolute atomic E-state index is 13.3. The Kier molecular flexibility index (Phi) is 8.64. The molecule has 0 aromatic heterocycles. The summed E-state index contributed by atoms with van der Waals surface area (Å²) in [7, 11) is 4.41. The number of Topliss-reactive ketones (excluding diaryl/α,β-unsaturated/α-hetero) is 1. The van der Waals surface area contributed by atoms with Crippen molar-refractivity contribution in [1.29, 1.82) is 0 Å². The normalized spacial score (nSPS) is 17.2. The number of carbonyl (C=O) groups excluding carboxylic acids is 2. The molecular formula is C26H31ClN2O6. The van der Waals surface area contributed by atoms with Gasteiger partial charge in [-0.05, 0) is 25.2 Å². The molecule has 3 rings (SSSR count). The van der Waals surface area contributed by atoms with Crippen molar-refractivity contribution in [1.82, 2.24) is 9.80 Å². The third-order valence-electron chi connectivity index (χ3n) is 6.25. The number of likely N-dealkylation sites (N-methyl/N-ethyl adjacent to an activating group) is 1. The Balaban J connectivity index is 2.23. The summed E-state index contributed by atoms with van der Waals surface area (Å²) < 4.78 is 16.2. The van der Waals surface area contributed by atoms with Crippen LogP contribution in [0.4, 0.5) is 0 Å². The first-order chi connectivity index (χ1) is 16.8. The van der Waals surface area contributed by atoms with Crippen LogP contribution in [-0.4, -0.2) is 74.1 Å². The minimum Gasteiger partial charge on any atom is -0.507 e. The van der Waals surface area contributed by atoms with E-state index in [1.54, 1.807) is 24.3 Å². The van der Waals surface area contributed by atoms with E-state index in [2.05, 4.69) is 4.90 Å². The standard InChI is InChI=1S/C26H31ClN2O6/c1-6-28(7-2)12-13-29-23(16-10-8-9-11-19(16)33-3)22(25(31)26(29)32)24(30)17-14-18(27)21(35-5)15-20(17)34-4/h8-11,14-15,23,30H,6-7,12-13H2,1-5H3/b24-22+. The molecule has 1 N–H and O–H groups in total. The number of ether oxygens (including phenoxy) is 3. The predicted molar refractivity (Wildman–Crippen MR) is 134 cm³/mol. The molecule has 9 heteroatoms. The number of para-hydroxylation sites is 1. The molecule has 0 spiro atoms. The highest BCUT2D eigenvalue weighted by molar-refractivity contribution is 6.46. The van der Waals surface area contributed by atoms with Gasteiger partial charge in [0.1, 0.15) is 23.0 Å². The maximum Gasteiger partial charge on any atom is 0.295 e. The van der Waals surface area contributed by atoms with Gasteiger partial charge in [-0.15, -0.1) is 0 Å². The number of hydrogen-bond donors (Lipinski definition) is 1. The molecule has 1 atom stereocenters. The minimum absolute atomic E-state index is 0.0569. The van der Waals surface area contributed by atoms with Gasteiger partial charge in [-0.2, -0.15) is 0 Å². The zero-order valence-corrected chi connectivity index (χ0v) is 21.4. The molecule has 1 heterocycles. The van der Waals surface area contributed by atoms with Crippen molar-refractivity contribution in [3.63, 3.8) is 0 Å². The molecule has 0 bridgehead atoms. The number of aliphatic hydroxyl groups excluding tert-OH is 1. The number of carbonyl (C=O) groups is 2. The molecule has 2 aromatic carbocycles. The summed E-state index contributed by atoms with van der Waals surface area (Å²) >= 11 is 6.32. The molecule has 0 radical (unpaired) electrons. The van der Waals surface area contributed by atoms with Gasteiger partial charge in [0.15, 0.2) is 0 Å². The van der Waals surface area contributed by atoms with Crippen LogP contribution in [0.1, 0.15) is 31.0 Å². The highest BCUT2D eigenvalue weighted by atomic mass is 35.5.